The molecule has 2 atom stereocenters. The maximum Gasteiger partial charge on any atom is 0.243 e. The number of carbonyl (C=O) groups excluding carboxylic acids is 2. The van der Waals surface area contributed by atoms with Gasteiger partial charge in [-0.05, 0) is 47.4 Å². The highest BCUT2D eigenvalue weighted by Crippen LogP contribution is 2.29. The molecule has 0 bridgehead atoms. The summed E-state index contributed by atoms with van der Waals surface area (Å²) < 4.78 is 0. The summed E-state index contributed by atoms with van der Waals surface area (Å²) in [6, 6.07) is 22.7. The molecule has 7 N–H and O–H groups in total. The van der Waals surface area contributed by atoms with E-state index in [1.165, 1.54) is 0 Å². The van der Waals surface area contributed by atoms with Gasteiger partial charge in [-0.1, -0.05) is 66.7 Å². The van der Waals surface area contributed by atoms with Crippen molar-refractivity contribution >= 4 is 22.7 Å². The molecule has 0 saturated heterocycles. The fourth-order valence-corrected chi connectivity index (χ4v) is 5.22. The molecule has 0 unspecified atom stereocenters. The molecule has 0 aliphatic rings. The van der Waals surface area contributed by atoms with Crippen LogP contribution in [0.5, 0.6) is 0 Å². The highest BCUT2D eigenvalue weighted by molar-refractivity contribution is 5.90. The Morgan fingerprint density at radius 3 is 2.44 bits per heavy atom. The van der Waals surface area contributed by atoms with Gasteiger partial charge in [0.25, 0.3) is 0 Å². The van der Waals surface area contributed by atoms with Crippen LogP contribution in [0, 0.1) is 0 Å². The average Bonchev–Trinajstić information content (AvgIpc) is 3.73. The smallest absolute Gasteiger partial charge is 0.243 e. The summed E-state index contributed by atoms with van der Waals surface area (Å²) in [7, 11) is 0. The Morgan fingerprint density at radius 2 is 1.71 bits per heavy atom. The minimum Gasteiger partial charge on any atom is -0.394 e. The summed E-state index contributed by atoms with van der Waals surface area (Å²) in [5.41, 5.74) is 4.87. The Balaban J connectivity index is 1.27. The summed E-state index contributed by atoms with van der Waals surface area (Å²) >= 11 is 0. The second kappa shape index (κ2) is 14.2. The number of aliphatic hydroxyl groups excluding tert-OH is 2. The van der Waals surface area contributed by atoms with Crippen molar-refractivity contribution in [3.8, 4) is 22.5 Å². The van der Waals surface area contributed by atoms with Crippen LogP contribution in [0.2, 0.25) is 0 Å². The van der Waals surface area contributed by atoms with E-state index in [1.54, 1.807) is 0 Å². The topological polar surface area (TPSA) is 181 Å². The number of amides is 2. The molecule has 2 aromatic heterocycles. The van der Waals surface area contributed by atoms with E-state index in [-0.39, 0.29) is 37.9 Å². The fourth-order valence-electron chi connectivity index (χ4n) is 5.22. The number of fused-ring (bicyclic) bond motifs is 1. The Morgan fingerprint density at radius 1 is 0.978 bits per heavy atom. The molecule has 2 amide bonds. The van der Waals surface area contributed by atoms with Gasteiger partial charge in [0.05, 0.1) is 12.7 Å². The predicted molar refractivity (Wildman–Crippen MR) is 171 cm³/mol. The first-order valence-electron chi connectivity index (χ1n) is 14.8. The number of tetrazole rings is 1. The molecule has 0 radical (unpaired) electrons. The first-order chi connectivity index (χ1) is 21.7. The third-order valence-corrected chi connectivity index (χ3v) is 7.63. The zero-order chi connectivity index (χ0) is 31.8. The van der Waals surface area contributed by atoms with Crippen molar-refractivity contribution in [1.82, 2.24) is 41.6 Å². The lowest BCUT2D eigenvalue weighted by Gasteiger charge is -2.28. The Hall–Kier alpha value is -4.91. The lowest BCUT2D eigenvalue weighted by molar-refractivity contribution is -0.129. The van der Waals surface area contributed by atoms with Gasteiger partial charge in [-0.3, -0.25) is 9.59 Å². The number of benzene rings is 3. The predicted octanol–water partition coefficient (Wildman–Crippen LogP) is 2.47. The van der Waals surface area contributed by atoms with Crippen LogP contribution in [0.1, 0.15) is 31.4 Å². The van der Waals surface area contributed by atoms with E-state index in [2.05, 4.69) is 41.6 Å². The molecule has 0 spiro atoms. The van der Waals surface area contributed by atoms with Crippen LogP contribution in [0.3, 0.4) is 0 Å². The molecular weight excluding hydrogens is 572 g/mol. The van der Waals surface area contributed by atoms with Crippen molar-refractivity contribution in [2.24, 2.45) is 0 Å². The van der Waals surface area contributed by atoms with Crippen LogP contribution in [0.15, 0.2) is 79.0 Å². The normalized spacial score (nSPS) is 13.0. The van der Waals surface area contributed by atoms with Crippen LogP contribution < -0.4 is 16.0 Å². The molecule has 12 heteroatoms. The zero-order valence-electron chi connectivity index (χ0n) is 25.2. The van der Waals surface area contributed by atoms with E-state index in [4.69, 9.17) is 5.11 Å². The SMILES string of the molecule is CC(C)(CC(=O)N[C@H](Cc1c[nH]c2ccccc12)C(=O)NCc1ccc(-c2ccccc2-c2nn[nH]n2)cc1)NC[C@H](O)CO. The van der Waals surface area contributed by atoms with Crippen LogP contribution in [-0.4, -0.2) is 78.5 Å². The molecule has 234 valence electrons. The summed E-state index contributed by atoms with van der Waals surface area (Å²) in [5, 5.41) is 43.2. The van der Waals surface area contributed by atoms with Crippen molar-refractivity contribution < 1.29 is 19.8 Å². The number of para-hydroxylation sites is 1. The number of rotatable bonds is 14. The standard InChI is InChI=1S/C33H38N8O4/c1-33(2,36-19-24(43)20-42)16-30(44)37-29(15-23-18-34-28-10-6-5-8-26(23)28)32(45)35-17-21-11-13-22(14-12-21)25-7-3-4-9-27(25)31-38-40-41-39-31/h3-14,18,24,29,34,36,42-43H,15-17,19-20H2,1-2H3,(H,35,45)(H,37,44)(H,38,39,40,41)/t24-,29+/m0/s1. The Bertz CT molecular complexity index is 1720. The van der Waals surface area contributed by atoms with Crippen LogP contribution >= 0.6 is 0 Å². The van der Waals surface area contributed by atoms with Crippen molar-refractivity contribution in [1.29, 1.82) is 0 Å². The summed E-state index contributed by atoms with van der Waals surface area (Å²) in [6.07, 6.45) is 1.30. The summed E-state index contributed by atoms with van der Waals surface area (Å²) in [6.45, 7) is 3.69. The highest BCUT2D eigenvalue weighted by Gasteiger charge is 2.27. The van der Waals surface area contributed by atoms with Gasteiger partial charge in [0, 0.05) is 54.1 Å². The molecular formula is C33H38N8O4. The van der Waals surface area contributed by atoms with Gasteiger partial charge in [0.15, 0.2) is 0 Å². The minimum atomic E-state index is -0.929. The average molecular weight is 611 g/mol. The molecule has 0 aliphatic heterocycles. The molecule has 0 fully saturated rings. The van der Waals surface area contributed by atoms with E-state index < -0.39 is 17.7 Å². The van der Waals surface area contributed by atoms with E-state index >= 15 is 0 Å². The van der Waals surface area contributed by atoms with Crippen molar-refractivity contribution in [3.05, 3.63) is 90.1 Å². The Labute approximate surface area is 260 Å². The molecule has 5 rings (SSSR count). The summed E-state index contributed by atoms with van der Waals surface area (Å²) in [4.78, 5) is 30.0. The van der Waals surface area contributed by atoms with Gasteiger partial charge in [-0.15, -0.1) is 10.2 Å². The van der Waals surface area contributed by atoms with Crippen molar-refractivity contribution in [2.45, 2.75) is 50.9 Å². The molecule has 45 heavy (non-hydrogen) atoms. The number of H-pyrrole nitrogens is 2. The van der Waals surface area contributed by atoms with E-state index in [9.17, 15) is 14.7 Å². The first-order valence-corrected chi connectivity index (χ1v) is 14.8. The fraction of sp³-hybridized carbons (Fsp3) is 0.303. The number of aliphatic hydroxyl groups is 2. The van der Waals surface area contributed by atoms with Gasteiger partial charge >= 0.3 is 0 Å². The number of nitrogens with one attached hydrogen (secondary N) is 5. The number of nitrogens with zero attached hydrogens (tertiary/aromatic N) is 3. The number of hydrogen-bond donors (Lipinski definition) is 7. The second-order valence-electron chi connectivity index (χ2n) is 11.7. The van der Waals surface area contributed by atoms with Gasteiger partial charge in [0.2, 0.25) is 17.6 Å². The zero-order valence-corrected chi connectivity index (χ0v) is 25.2. The third kappa shape index (κ3) is 8.18. The number of β-amino-alcohol motifs (C(OH)–C–C–N with tert-alkyl or cyclic N) is 1. The van der Waals surface area contributed by atoms with Crippen molar-refractivity contribution in [3.63, 3.8) is 0 Å². The monoisotopic (exact) mass is 610 g/mol. The second-order valence-corrected chi connectivity index (χ2v) is 11.7. The Kier molecular flexibility index (Phi) is 9.98. The maximum atomic E-state index is 13.6. The van der Waals surface area contributed by atoms with Crippen molar-refractivity contribution in [2.75, 3.05) is 13.2 Å². The van der Waals surface area contributed by atoms with Gasteiger partial charge in [-0.2, -0.15) is 5.21 Å². The number of aromatic nitrogens is 5. The number of carbonyl (C=O) groups is 2. The lowest BCUT2D eigenvalue weighted by Crippen LogP contribution is -2.52. The first kappa shape index (κ1) is 31.5. The van der Waals surface area contributed by atoms with Crippen LogP contribution in [0.25, 0.3) is 33.4 Å². The largest absolute Gasteiger partial charge is 0.394 e. The quantitative estimate of drug-likeness (QED) is 0.100. The molecule has 3 aromatic carbocycles. The number of hydrogen-bond acceptors (Lipinski definition) is 8. The molecule has 5 aromatic rings. The van der Waals surface area contributed by atoms with Gasteiger partial charge in [-0.25, -0.2) is 0 Å². The number of aromatic amines is 2. The summed E-state index contributed by atoms with van der Waals surface area (Å²) in [5.74, 6) is -0.107. The molecule has 0 aliphatic carbocycles. The van der Waals surface area contributed by atoms with Gasteiger partial charge < -0.3 is 31.1 Å². The van der Waals surface area contributed by atoms with Crippen LogP contribution in [-0.2, 0) is 22.6 Å². The maximum absolute atomic E-state index is 13.6. The molecule has 2 heterocycles. The molecule has 0 saturated carbocycles. The van der Waals surface area contributed by atoms with Gasteiger partial charge in [0.1, 0.15) is 6.04 Å². The van der Waals surface area contributed by atoms with E-state index in [0.29, 0.717) is 12.2 Å². The lowest BCUT2D eigenvalue weighted by atomic mass is 9.98. The van der Waals surface area contributed by atoms with Crippen LogP contribution in [0.4, 0.5) is 0 Å². The minimum absolute atomic E-state index is 0.0651. The van der Waals surface area contributed by atoms with E-state index in [1.807, 2.05) is 92.8 Å². The highest BCUT2D eigenvalue weighted by atomic mass is 16.3. The molecule has 12 nitrogen and oxygen atoms in total. The van der Waals surface area contributed by atoms with E-state index in [0.717, 1.165) is 38.7 Å². The third-order valence-electron chi connectivity index (χ3n) is 7.63.